The van der Waals surface area contributed by atoms with Crippen LogP contribution in [0, 0.1) is 0 Å². The Labute approximate surface area is 113 Å². The molecule has 2 heterocycles. The lowest BCUT2D eigenvalue weighted by Crippen LogP contribution is -2.33. The Morgan fingerprint density at radius 3 is 3.00 bits per heavy atom. The van der Waals surface area contributed by atoms with Crippen molar-refractivity contribution in [1.82, 2.24) is 15.3 Å². The van der Waals surface area contributed by atoms with Crippen molar-refractivity contribution in [2.24, 2.45) is 5.10 Å². The van der Waals surface area contributed by atoms with Gasteiger partial charge in [-0.15, -0.1) is 0 Å². The average molecular weight is 260 g/mol. The molecular weight excluding hydrogens is 240 g/mol. The van der Waals surface area contributed by atoms with Gasteiger partial charge in [-0.05, 0) is 32.0 Å². The second-order valence-corrected chi connectivity index (χ2v) is 4.73. The minimum Gasteiger partial charge on any atom is -0.303 e. The van der Waals surface area contributed by atoms with E-state index < -0.39 is 0 Å². The second kappa shape index (κ2) is 7.63. The van der Waals surface area contributed by atoms with Crippen LogP contribution in [0.5, 0.6) is 0 Å². The summed E-state index contributed by atoms with van der Waals surface area (Å²) >= 11 is 0. The van der Waals surface area contributed by atoms with Crippen LogP contribution >= 0.6 is 0 Å². The highest BCUT2D eigenvalue weighted by Gasteiger charge is 2.11. The molecule has 1 amide bonds. The summed E-state index contributed by atoms with van der Waals surface area (Å²) in [6.07, 6.45) is 9.33. The van der Waals surface area contributed by atoms with E-state index in [2.05, 4.69) is 20.4 Å². The van der Waals surface area contributed by atoms with Crippen LogP contribution in [0.4, 0.5) is 0 Å². The maximum absolute atomic E-state index is 11.6. The van der Waals surface area contributed by atoms with E-state index in [9.17, 15) is 4.79 Å². The minimum absolute atomic E-state index is 0.0364. The SMILES string of the molecule is O=C(CCN1CCCCC1)N/N=C\c1cccnc1. The summed E-state index contributed by atoms with van der Waals surface area (Å²) in [4.78, 5) is 17.9. The molecule has 0 radical (unpaired) electrons. The summed E-state index contributed by atoms with van der Waals surface area (Å²) in [7, 11) is 0. The fraction of sp³-hybridized carbons (Fsp3) is 0.500. The molecule has 1 aliphatic heterocycles. The fourth-order valence-corrected chi connectivity index (χ4v) is 2.13. The lowest BCUT2D eigenvalue weighted by molar-refractivity contribution is -0.121. The van der Waals surface area contributed by atoms with Gasteiger partial charge in [0.2, 0.25) is 5.91 Å². The summed E-state index contributed by atoms with van der Waals surface area (Å²) in [5, 5.41) is 3.92. The number of piperidine rings is 1. The monoisotopic (exact) mass is 260 g/mol. The fourth-order valence-electron chi connectivity index (χ4n) is 2.13. The van der Waals surface area contributed by atoms with Crippen molar-refractivity contribution in [3.05, 3.63) is 30.1 Å². The van der Waals surface area contributed by atoms with Gasteiger partial charge in [0.1, 0.15) is 0 Å². The van der Waals surface area contributed by atoms with Crippen LogP contribution in [-0.2, 0) is 4.79 Å². The molecule has 2 rings (SSSR count). The first kappa shape index (κ1) is 13.7. The topological polar surface area (TPSA) is 57.6 Å². The van der Waals surface area contributed by atoms with Crippen molar-refractivity contribution in [2.75, 3.05) is 19.6 Å². The van der Waals surface area contributed by atoms with Crippen molar-refractivity contribution in [1.29, 1.82) is 0 Å². The predicted octanol–water partition coefficient (Wildman–Crippen LogP) is 1.41. The molecule has 0 aliphatic carbocycles. The first-order valence-corrected chi connectivity index (χ1v) is 6.79. The summed E-state index contributed by atoms with van der Waals surface area (Å²) < 4.78 is 0. The Kier molecular flexibility index (Phi) is 5.49. The molecule has 1 fully saturated rings. The van der Waals surface area contributed by atoms with Gasteiger partial charge in [-0.2, -0.15) is 5.10 Å². The van der Waals surface area contributed by atoms with Crippen molar-refractivity contribution in [3.8, 4) is 0 Å². The van der Waals surface area contributed by atoms with Gasteiger partial charge < -0.3 is 4.90 Å². The Balaban J connectivity index is 1.65. The minimum atomic E-state index is -0.0364. The number of pyridine rings is 1. The molecule has 0 bridgehead atoms. The lowest BCUT2D eigenvalue weighted by atomic mass is 10.1. The van der Waals surface area contributed by atoms with E-state index in [4.69, 9.17) is 0 Å². The molecule has 0 spiro atoms. The maximum atomic E-state index is 11.6. The molecule has 5 nitrogen and oxygen atoms in total. The summed E-state index contributed by atoms with van der Waals surface area (Å²) in [6, 6.07) is 3.72. The van der Waals surface area contributed by atoms with E-state index in [0.29, 0.717) is 6.42 Å². The molecule has 1 aliphatic rings. The first-order valence-electron chi connectivity index (χ1n) is 6.79. The number of nitrogens with one attached hydrogen (secondary N) is 1. The van der Waals surface area contributed by atoms with Crippen LogP contribution in [-0.4, -0.2) is 41.6 Å². The summed E-state index contributed by atoms with van der Waals surface area (Å²) in [5.41, 5.74) is 3.42. The van der Waals surface area contributed by atoms with Crippen LogP contribution in [0.15, 0.2) is 29.6 Å². The number of hydrazone groups is 1. The average Bonchev–Trinajstić information content (AvgIpc) is 2.47. The molecular formula is C14H20N4O. The third-order valence-electron chi connectivity index (χ3n) is 3.19. The molecule has 1 aromatic rings. The molecule has 0 saturated carbocycles. The van der Waals surface area contributed by atoms with E-state index in [0.717, 1.165) is 25.2 Å². The van der Waals surface area contributed by atoms with Gasteiger partial charge in [0.15, 0.2) is 0 Å². The molecule has 19 heavy (non-hydrogen) atoms. The van der Waals surface area contributed by atoms with Gasteiger partial charge >= 0.3 is 0 Å². The third-order valence-corrected chi connectivity index (χ3v) is 3.19. The number of amides is 1. The van der Waals surface area contributed by atoms with Gasteiger partial charge in [0.05, 0.1) is 6.21 Å². The van der Waals surface area contributed by atoms with Crippen molar-refractivity contribution >= 4 is 12.1 Å². The number of carbonyl (C=O) groups is 1. The van der Waals surface area contributed by atoms with Gasteiger partial charge in [0.25, 0.3) is 0 Å². The van der Waals surface area contributed by atoms with Gasteiger partial charge in [-0.25, -0.2) is 5.43 Å². The predicted molar refractivity (Wildman–Crippen MR) is 74.9 cm³/mol. The highest BCUT2D eigenvalue weighted by molar-refractivity contribution is 5.81. The Morgan fingerprint density at radius 2 is 2.26 bits per heavy atom. The Hall–Kier alpha value is -1.75. The molecule has 1 aromatic heterocycles. The molecule has 102 valence electrons. The standard InChI is InChI=1S/C14H20N4O/c19-14(6-10-18-8-2-1-3-9-18)17-16-12-13-5-4-7-15-11-13/h4-5,7,11-12H,1-3,6,8-10H2,(H,17,19)/b16-12-. The largest absolute Gasteiger partial charge is 0.303 e. The second-order valence-electron chi connectivity index (χ2n) is 4.73. The van der Waals surface area contributed by atoms with Crippen LogP contribution in [0.2, 0.25) is 0 Å². The maximum Gasteiger partial charge on any atom is 0.241 e. The van der Waals surface area contributed by atoms with E-state index >= 15 is 0 Å². The summed E-state index contributed by atoms with van der Waals surface area (Å²) in [5.74, 6) is -0.0364. The zero-order chi connectivity index (χ0) is 13.3. The third kappa shape index (κ3) is 5.18. The normalized spacial score (nSPS) is 16.6. The van der Waals surface area contributed by atoms with E-state index in [1.165, 1.54) is 19.3 Å². The summed E-state index contributed by atoms with van der Waals surface area (Å²) in [6.45, 7) is 3.06. The van der Waals surface area contributed by atoms with Gasteiger partial charge in [-0.3, -0.25) is 9.78 Å². The molecule has 5 heteroatoms. The highest BCUT2D eigenvalue weighted by Crippen LogP contribution is 2.08. The van der Waals surface area contributed by atoms with E-state index in [-0.39, 0.29) is 5.91 Å². The van der Waals surface area contributed by atoms with Crippen molar-refractivity contribution < 1.29 is 4.79 Å². The zero-order valence-corrected chi connectivity index (χ0v) is 11.1. The van der Waals surface area contributed by atoms with E-state index in [1.807, 2.05) is 12.1 Å². The molecule has 0 atom stereocenters. The number of aromatic nitrogens is 1. The van der Waals surface area contributed by atoms with E-state index in [1.54, 1.807) is 18.6 Å². The smallest absolute Gasteiger partial charge is 0.241 e. The van der Waals surface area contributed by atoms with Gasteiger partial charge in [-0.1, -0.05) is 12.5 Å². The van der Waals surface area contributed by atoms with Crippen LogP contribution in [0.25, 0.3) is 0 Å². The van der Waals surface area contributed by atoms with Crippen LogP contribution in [0.1, 0.15) is 31.2 Å². The zero-order valence-electron chi connectivity index (χ0n) is 11.1. The van der Waals surface area contributed by atoms with Crippen molar-refractivity contribution in [3.63, 3.8) is 0 Å². The first-order chi connectivity index (χ1) is 9.34. The lowest BCUT2D eigenvalue weighted by Gasteiger charge is -2.25. The number of hydrogen-bond acceptors (Lipinski definition) is 4. The number of likely N-dealkylation sites (tertiary alicyclic amines) is 1. The number of rotatable bonds is 5. The number of hydrogen-bond donors (Lipinski definition) is 1. The molecule has 0 aromatic carbocycles. The molecule has 1 N–H and O–H groups in total. The Bertz CT molecular complexity index is 413. The number of nitrogens with zero attached hydrogens (tertiary/aromatic N) is 3. The van der Waals surface area contributed by atoms with Gasteiger partial charge in [0, 0.05) is 30.9 Å². The Morgan fingerprint density at radius 1 is 1.42 bits per heavy atom. The van der Waals surface area contributed by atoms with Crippen LogP contribution in [0.3, 0.4) is 0 Å². The molecule has 1 saturated heterocycles. The van der Waals surface area contributed by atoms with Crippen LogP contribution < -0.4 is 5.43 Å². The number of carbonyl (C=O) groups excluding carboxylic acids is 1. The van der Waals surface area contributed by atoms with Crippen molar-refractivity contribution in [2.45, 2.75) is 25.7 Å². The quantitative estimate of drug-likeness (QED) is 0.643. The molecule has 0 unspecified atom stereocenters. The highest BCUT2D eigenvalue weighted by atomic mass is 16.2.